The SMILES string of the molecule is CCOC(=O)c1cccc(C)c1Br. The van der Waals surface area contributed by atoms with Gasteiger partial charge in [0.15, 0.2) is 0 Å². The molecule has 0 aliphatic heterocycles. The largest absolute Gasteiger partial charge is 0.462 e. The molecule has 0 saturated carbocycles. The highest BCUT2D eigenvalue weighted by molar-refractivity contribution is 9.10. The third-order valence-corrected chi connectivity index (χ3v) is 2.74. The number of benzene rings is 1. The van der Waals surface area contributed by atoms with E-state index in [1.807, 2.05) is 19.1 Å². The molecule has 0 aromatic heterocycles. The van der Waals surface area contributed by atoms with Crippen molar-refractivity contribution in [3.8, 4) is 0 Å². The number of carbonyl (C=O) groups excluding carboxylic acids is 1. The van der Waals surface area contributed by atoms with Crippen molar-refractivity contribution in [2.45, 2.75) is 13.8 Å². The fourth-order valence-electron chi connectivity index (χ4n) is 1.01. The molecule has 0 spiro atoms. The van der Waals surface area contributed by atoms with Crippen LogP contribution in [0.25, 0.3) is 0 Å². The molecule has 0 heterocycles. The summed E-state index contributed by atoms with van der Waals surface area (Å²) in [5.74, 6) is -0.280. The number of carbonyl (C=O) groups is 1. The predicted molar refractivity (Wildman–Crippen MR) is 54.8 cm³/mol. The van der Waals surface area contributed by atoms with Crippen molar-refractivity contribution in [2.24, 2.45) is 0 Å². The lowest BCUT2D eigenvalue weighted by Crippen LogP contribution is -2.05. The minimum Gasteiger partial charge on any atom is -0.462 e. The normalized spacial score (nSPS) is 9.77. The number of ether oxygens (including phenoxy) is 1. The van der Waals surface area contributed by atoms with Gasteiger partial charge in [-0.05, 0) is 41.4 Å². The molecule has 0 amide bonds. The lowest BCUT2D eigenvalue weighted by atomic mass is 10.1. The summed E-state index contributed by atoms with van der Waals surface area (Å²) in [6.45, 7) is 4.13. The molecular formula is C10H11BrO2. The molecule has 70 valence electrons. The summed E-state index contributed by atoms with van der Waals surface area (Å²) in [6, 6.07) is 5.52. The summed E-state index contributed by atoms with van der Waals surface area (Å²) < 4.78 is 5.71. The Balaban J connectivity index is 3.01. The van der Waals surface area contributed by atoms with Gasteiger partial charge in [-0.3, -0.25) is 0 Å². The number of esters is 1. The minimum absolute atomic E-state index is 0.280. The van der Waals surface area contributed by atoms with Crippen molar-refractivity contribution in [3.63, 3.8) is 0 Å². The fourth-order valence-corrected chi connectivity index (χ4v) is 1.44. The zero-order chi connectivity index (χ0) is 9.84. The molecule has 1 aromatic carbocycles. The summed E-state index contributed by atoms with van der Waals surface area (Å²) in [7, 11) is 0. The highest BCUT2D eigenvalue weighted by atomic mass is 79.9. The highest BCUT2D eigenvalue weighted by Crippen LogP contribution is 2.21. The van der Waals surface area contributed by atoms with Gasteiger partial charge in [-0.15, -0.1) is 0 Å². The summed E-state index contributed by atoms with van der Waals surface area (Å²) >= 11 is 3.35. The number of aryl methyl sites for hydroxylation is 1. The van der Waals surface area contributed by atoms with Crippen molar-refractivity contribution >= 4 is 21.9 Å². The first-order valence-corrected chi connectivity index (χ1v) is 4.88. The molecule has 0 fully saturated rings. The van der Waals surface area contributed by atoms with Crippen molar-refractivity contribution < 1.29 is 9.53 Å². The molecule has 0 aliphatic rings. The third kappa shape index (κ3) is 2.31. The van der Waals surface area contributed by atoms with E-state index in [-0.39, 0.29) is 5.97 Å². The Labute approximate surface area is 86.0 Å². The van der Waals surface area contributed by atoms with E-state index in [9.17, 15) is 4.79 Å². The minimum atomic E-state index is -0.280. The van der Waals surface area contributed by atoms with Crippen LogP contribution in [0, 0.1) is 6.92 Å². The summed E-state index contributed by atoms with van der Waals surface area (Å²) in [6.07, 6.45) is 0. The Morgan fingerprint density at radius 3 is 2.85 bits per heavy atom. The molecule has 1 rings (SSSR count). The van der Waals surface area contributed by atoms with Crippen LogP contribution in [-0.2, 0) is 4.74 Å². The second-order valence-electron chi connectivity index (χ2n) is 2.66. The molecule has 0 atom stereocenters. The summed E-state index contributed by atoms with van der Waals surface area (Å²) in [5, 5.41) is 0. The van der Waals surface area contributed by atoms with Crippen LogP contribution in [0.4, 0.5) is 0 Å². The van der Waals surface area contributed by atoms with Crippen LogP contribution in [0.3, 0.4) is 0 Å². The first-order valence-electron chi connectivity index (χ1n) is 4.09. The smallest absolute Gasteiger partial charge is 0.339 e. The Kier molecular flexibility index (Phi) is 3.48. The van der Waals surface area contributed by atoms with Gasteiger partial charge < -0.3 is 4.74 Å². The Morgan fingerprint density at radius 1 is 1.54 bits per heavy atom. The van der Waals surface area contributed by atoms with E-state index >= 15 is 0 Å². The fraction of sp³-hybridized carbons (Fsp3) is 0.300. The van der Waals surface area contributed by atoms with E-state index in [4.69, 9.17) is 4.74 Å². The Hall–Kier alpha value is -0.830. The number of rotatable bonds is 2. The third-order valence-electron chi connectivity index (χ3n) is 1.69. The van der Waals surface area contributed by atoms with Crippen LogP contribution in [0.1, 0.15) is 22.8 Å². The van der Waals surface area contributed by atoms with Crippen LogP contribution in [0.5, 0.6) is 0 Å². The molecule has 0 saturated heterocycles. The van der Waals surface area contributed by atoms with Crippen LogP contribution in [0.2, 0.25) is 0 Å². The molecule has 3 heteroatoms. The lowest BCUT2D eigenvalue weighted by Gasteiger charge is -2.05. The van der Waals surface area contributed by atoms with Crippen LogP contribution in [0.15, 0.2) is 22.7 Å². The maximum Gasteiger partial charge on any atom is 0.339 e. The van der Waals surface area contributed by atoms with E-state index in [0.29, 0.717) is 12.2 Å². The van der Waals surface area contributed by atoms with E-state index in [1.54, 1.807) is 13.0 Å². The number of hydrogen-bond donors (Lipinski definition) is 0. The average molecular weight is 243 g/mol. The van der Waals surface area contributed by atoms with E-state index in [2.05, 4.69) is 15.9 Å². The molecule has 0 N–H and O–H groups in total. The standard InChI is InChI=1S/C10H11BrO2/c1-3-13-10(12)8-6-4-5-7(2)9(8)11/h4-6H,3H2,1-2H3. The van der Waals surface area contributed by atoms with Crippen molar-refractivity contribution in [1.29, 1.82) is 0 Å². The van der Waals surface area contributed by atoms with E-state index in [0.717, 1.165) is 10.0 Å². The van der Waals surface area contributed by atoms with Gasteiger partial charge in [-0.1, -0.05) is 12.1 Å². The monoisotopic (exact) mass is 242 g/mol. The van der Waals surface area contributed by atoms with E-state index in [1.165, 1.54) is 0 Å². The zero-order valence-electron chi connectivity index (χ0n) is 7.63. The van der Waals surface area contributed by atoms with Gasteiger partial charge in [-0.25, -0.2) is 4.79 Å². The van der Waals surface area contributed by atoms with Gasteiger partial charge in [0.2, 0.25) is 0 Å². The lowest BCUT2D eigenvalue weighted by molar-refractivity contribution is 0.0525. The second kappa shape index (κ2) is 4.42. The molecule has 1 aromatic rings. The molecule has 0 radical (unpaired) electrons. The van der Waals surface area contributed by atoms with E-state index < -0.39 is 0 Å². The molecule has 0 unspecified atom stereocenters. The van der Waals surface area contributed by atoms with Crippen molar-refractivity contribution in [3.05, 3.63) is 33.8 Å². The Morgan fingerprint density at radius 2 is 2.23 bits per heavy atom. The second-order valence-corrected chi connectivity index (χ2v) is 3.45. The summed E-state index contributed by atoms with van der Waals surface area (Å²) in [5.41, 5.74) is 1.62. The van der Waals surface area contributed by atoms with Crippen molar-refractivity contribution in [1.82, 2.24) is 0 Å². The topological polar surface area (TPSA) is 26.3 Å². The zero-order valence-corrected chi connectivity index (χ0v) is 9.22. The quantitative estimate of drug-likeness (QED) is 0.746. The van der Waals surface area contributed by atoms with Gasteiger partial charge in [0.1, 0.15) is 0 Å². The number of halogens is 1. The van der Waals surface area contributed by atoms with Crippen LogP contribution in [-0.4, -0.2) is 12.6 Å². The maximum absolute atomic E-state index is 11.4. The molecule has 2 nitrogen and oxygen atoms in total. The van der Waals surface area contributed by atoms with Gasteiger partial charge in [0.05, 0.1) is 12.2 Å². The molecule has 0 bridgehead atoms. The molecule has 0 aliphatic carbocycles. The van der Waals surface area contributed by atoms with Gasteiger partial charge in [0.25, 0.3) is 0 Å². The maximum atomic E-state index is 11.4. The first kappa shape index (κ1) is 10.3. The number of hydrogen-bond acceptors (Lipinski definition) is 2. The molecular weight excluding hydrogens is 232 g/mol. The van der Waals surface area contributed by atoms with Crippen LogP contribution < -0.4 is 0 Å². The molecule has 13 heavy (non-hydrogen) atoms. The van der Waals surface area contributed by atoms with Gasteiger partial charge in [-0.2, -0.15) is 0 Å². The summed E-state index contributed by atoms with van der Waals surface area (Å²) in [4.78, 5) is 11.4. The Bertz CT molecular complexity index is 321. The highest BCUT2D eigenvalue weighted by Gasteiger charge is 2.11. The van der Waals surface area contributed by atoms with Gasteiger partial charge in [0, 0.05) is 4.47 Å². The predicted octanol–water partition coefficient (Wildman–Crippen LogP) is 2.93. The first-order chi connectivity index (χ1) is 6.16. The average Bonchev–Trinajstić information content (AvgIpc) is 2.10. The van der Waals surface area contributed by atoms with Crippen LogP contribution >= 0.6 is 15.9 Å². The van der Waals surface area contributed by atoms with Crippen molar-refractivity contribution in [2.75, 3.05) is 6.61 Å². The van der Waals surface area contributed by atoms with Gasteiger partial charge >= 0.3 is 5.97 Å².